The Kier molecular flexibility index (Phi) is 32.6. The number of halogens is 9. The predicted molar refractivity (Wildman–Crippen MR) is 444 cm³/mol. The number of carbonyl (C=O) groups is 4. The van der Waals surface area contributed by atoms with E-state index in [9.17, 15) is 71.2 Å². The van der Waals surface area contributed by atoms with Crippen molar-refractivity contribution in [3.8, 4) is 57.1 Å². The number of hydrogen-bond acceptors (Lipinski definition) is 16. The van der Waals surface area contributed by atoms with Crippen LogP contribution in [0.15, 0.2) is 146 Å². The van der Waals surface area contributed by atoms with E-state index in [2.05, 4.69) is 26.7 Å². The van der Waals surface area contributed by atoms with Crippen molar-refractivity contribution in [3.05, 3.63) is 229 Å². The van der Waals surface area contributed by atoms with Gasteiger partial charge in [-0.05, 0) is 213 Å². The number of aliphatic hydroxyl groups excluding tert-OH is 3. The number of nitrogens with one attached hydrogen (secondary N) is 2. The fraction of sp³-hybridized carbons (Fsp3) is 0.386. The molecule has 23 nitrogen and oxygen atoms in total. The second-order valence-corrected chi connectivity index (χ2v) is 31.0. The normalized spacial score (nSPS) is 13.5. The Bertz CT molecular complexity index is 5250. The number of alkyl halides is 6. The van der Waals surface area contributed by atoms with Gasteiger partial charge in [-0.3, -0.25) is 19.2 Å². The molecule has 4 aromatic heterocycles. The van der Waals surface area contributed by atoms with Crippen LogP contribution in [-0.2, 0) is 42.7 Å². The number of nitrogens with zero attached hydrogens (tertiary/aromatic N) is 7. The monoisotopic (exact) mass is 1700 g/mol. The molecular formula is C88H101Cl2F7N12O11. The Morgan fingerprint density at radius 1 is 0.633 bits per heavy atom. The van der Waals surface area contributed by atoms with E-state index in [-0.39, 0.29) is 118 Å². The van der Waals surface area contributed by atoms with Gasteiger partial charge in [-0.15, -0.1) is 0 Å². The SMILES string of the molecule is CCn1cc(-c2ccc(CC(CCO)c3c(C(N)=O)ccc(OC(C)C(F)(F)F)c3Cl)cc2)nc1C(O)C(C)C.CCn1cc(-c2ccc(CC(CCO)c3c(C(N)=O)ccc(OC(C)C(F)(F)F)c3Cl)cc2F)nc1C(C)(C)O.Cc1cccn2cc(-c3ccc(CC(CNC(=O)C(C)N)NC(=O)c4ccc(OC(C)C)c(C#N)c4)cc3)nc12. The summed E-state index contributed by atoms with van der Waals surface area (Å²) in [5.74, 6) is -3.30. The number of rotatable bonds is 33. The molecule has 6 aromatic carbocycles. The number of nitrogens with two attached hydrogens (primary N) is 3. The summed E-state index contributed by atoms with van der Waals surface area (Å²) >= 11 is 13.0. The number of imidazole rings is 3. The summed E-state index contributed by atoms with van der Waals surface area (Å²) in [4.78, 5) is 63.6. The second-order valence-electron chi connectivity index (χ2n) is 30.2. The van der Waals surface area contributed by atoms with Gasteiger partial charge in [-0.2, -0.15) is 31.6 Å². The lowest BCUT2D eigenvalue weighted by Crippen LogP contribution is -2.48. The summed E-state index contributed by atoms with van der Waals surface area (Å²) in [7, 11) is 0. The van der Waals surface area contributed by atoms with Crippen LogP contribution < -0.4 is 42.0 Å². The van der Waals surface area contributed by atoms with Gasteiger partial charge in [0.25, 0.3) is 5.91 Å². The van der Waals surface area contributed by atoms with Crippen LogP contribution in [0.2, 0.25) is 10.0 Å². The molecule has 0 saturated heterocycles. The van der Waals surface area contributed by atoms with Gasteiger partial charge in [0.1, 0.15) is 58.1 Å². The van der Waals surface area contributed by atoms with Crippen LogP contribution in [-0.4, -0.2) is 135 Å². The lowest BCUT2D eigenvalue weighted by molar-refractivity contribution is -0.189. The van der Waals surface area contributed by atoms with E-state index < -0.39 is 77.8 Å². The molecule has 0 aliphatic carbocycles. The number of nitriles is 1. The molecule has 0 fully saturated rings. The molecule has 12 N–H and O–H groups in total. The molecule has 120 heavy (non-hydrogen) atoms. The average Bonchev–Trinajstić information content (AvgIpc) is 1.60. The van der Waals surface area contributed by atoms with Crippen molar-refractivity contribution in [2.45, 2.75) is 195 Å². The minimum atomic E-state index is -4.66. The lowest BCUT2D eigenvalue weighted by Gasteiger charge is -2.24. The molecule has 0 aliphatic heterocycles. The fourth-order valence-electron chi connectivity index (χ4n) is 13.3. The number of aliphatic hydroxyl groups is 4. The number of aromatic nitrogens is 6. The van der Waals surface area contributed by atoms with Crippen LogP contribution in [0.4, 0.5) is 30.7 Å². The Hall–Kier alpha value is -10.9. The number of benzene rings is 6. The lowest BCUT2D eigenvalue weighted by atomic mass is 9.85. The molecule has 0 spiro atoms. The maximum atomic E-state index is 15.3. The van der Waals surface area contributed by atoms with Crippen LogP contribution in [0.5, 0.6) is 17.2 Å². The Morgan fingerprint density at radius 3 is 1.58 bits per heavy atom. The first-order valence-corrected chi connectivity index (χ1v) is 39.7. The van der Waals surface area contributed by atoms with E-state index in [0.29, 0.717) is 65.8 Å². The summed E-state index contributed by atoms with van der Waals surface area (Å²) in [5.41, 5.74) is 24.7. The van der Waals surface area contributed by atoms with Gasteiger partial charge in [0.2, 0.25) is 17.7 Å². The highest BCUT2D eigenvalue weighted by Gasteiger charge is 2.41. The van der Waals surface area contributed by atoms with Crippen LogP contribution in [0, 0.1) is 30.0 Å². The number of pyridine rings is 1. The number of amides is 4. The average molecular weight is 1710 g/mol. The highest BCUT2D eigenvalue weighted by atomic mass is 35.5. The topological polar surface area (TPSA) is 356 Å². The van der Waals surface area contributed by atoms with E-state index >= 15 is 4.39 Å². The minimum Gasteiger partial charge on any atom is -0.490 e. The zero-order valence-electron chi connectivity index (χ0n) is 68.5. The maximum Gasteiger partial charge on any atom is 0.425 e. The number of fused-ring (bicyclic) bond motifs is 1. The van der Waals surface area contributed by atoms with Gasteiger partial charge in [0, 0.05) is 91.0 Å². The number of hydrogen-bond donors (Lipinski definition) is 9. The summed E-state index contributed by atoms with van der Waals surface area (Å²) in [6.07, 6.45) is -5.78. The number of carbonyl (C=O) groups excluding carboxylic acids is 4. The standard InChI is InChI=1S/C31H34N6O3.C29H35ClF3N3O4.C28H32ClF4N3O4/c1-19(2)40-28-12-11-24(15-25(28)16-32)31(39)35-26(17-34-30(38)21(4)33)14-22-7-9-23(10-8-22)27-18-37-13-5-6-20(3)29(37)36-27;1-5-36-15-22(35-28(36)26(38)16(2)3)19-8-6-18(7-9-19)14-20(12-13-37)24-21(27(34)39)10-11-23(25(24)30)40-17(4)29(31,32)33;1-5-36-14-21(35-26(36)27(3,4)39)18-7-6-16(13-20(18)30)12-17(10-11-37)23-19(25(34)38)8-9-22(24(23)29)40-15(2)28(31,32)33/h5-13,15,18-19,21,26H,14,17,33H2,1-4H3,(H,34,38)(H,35,39);6-11,15-17,20,26,37-38H,5,12-14H2,1-4H3,(H2,34,39);6-9,13-15,17,37,39H,5,10-12H2,1-4H3,(H2,34,38). The zero-order valence-corrected chi connectivity index (χ0v) is 70.0. The molecule has 0 aliphatic rings. The molecule has 10 rings (SSSR count). The molecule has 4 amide bonds. The maximum absolute atomic E-state index is 15.3. The van der Waals surface area contributed by atoms with Gasteiger partial charge in [0.05, 0.1) is 50.9 Å². The van der Waals surface area contributed by atoms with Crippen LogP contribution in [0.3, 0.4) is 0 Å². The molecular weight excluding hydrogens is 1600 g/mol. The minimum absolute atomic E-state index is 0.00378. The van der Waals surface area contributed by atoms with E-state index in [1.54, 1.807) is 49.7 Å². The molecule has 7 atom stereocenters. The number of primary amides is 2. The smallest absolute Gasteiger partial charge is 0.425 e. The molecule has 0 radical (unpaired) electrons. The van der Waals surface area contributed by atoms with Crippen LogP contribution in [0.1, 0.15) is 189 Å². The van der Waals surface area contributed by atoms with Crippen molar-refractivity contribution >= 4 is 52.5 Å². The van der Waals surface area contributed by atoms with E-state index in [0.717, 1.165) is 59.1 Å². The van der Waals surface area contributed by atoms with Crippen molar-refractivity contribution in [2.75, 3.05) is 19.8 Å². The Labute approximate surface area is 701 Å². The highest BCUT2D eigenvalue weighted by Crippen LogP contribution is 2.43. The quantitative estimate of drug-likeness (QED) is 0.0173. The van der Waals surface area contributed by atoms with Gasteiger partial charge in [0.15, 0.2) is 12.2 Å². The van der Waals surface area contributed by atoms with Gasteiger partial charge in [-0.25, -0.2) is 19.3 Å². The van der Waals surface area contributed by atoms with E-state index in [1.807, 2.05) is 137 Å². The molecule has 7 unspecified atom stereocenters. The molecule has 642 valence electrons. The second kappa shape index (κ2) is 41.4. The summed E-state index contributed by atoms with van der Waals surface area (Å²) in [5, 5.41) is 55.4. The summed E-state index contributed by atoms with van der Waals surface area (Å²) in [6, 6.07) is 34.5. The summed E-state index contributed by atoms with van der Waals surface area (Å²) < 4.78 is 115. The number of ether oxygens (including phenoxy) is 3. The first-order chi connectivity index (χ1) is 56.5. The molecule has 10 aromatic rings. The van der Waals surface area contributed by atoms with Gasteiger partial charge in [-0.1, -0.05) is 97.7 Å². The third kappa shape index (κ3) is 24.4. The Morgan fingerprint density at radius 2 is 1.13 bits per heavy atom. The van der Waals surface area contributed by atoms with Crippen LogP contribution in [0.25, 0.3) is 39.4 Å². The molecule has 4 heterocycles. The van der Waals surface area contributed by atoms with E-state index in [1.165, 1.54) is 36.4 Å². The van der Waals surface area contributed by atoms with Crippen molar-refractivity contribution in [1.29, 1.82) is 5.26 Å². The van der Waals surface area contributed by atoms with E-state index in [4.69, 9.17) is 59.6 Å². The van der Waals surface area contributed by atoms with Crippen molar-refractivity contribution < 1.29 is 84.5 Å². The summed E-state index contributed by atoms with van der Waals surface area (Å²) in [6.45, 7) is 20.7. The van der Waals surface area contributed by atoms with Gasteiger partial charge < -0.3 is 76.0 Å². The highest BCUT2D eigenvalue weighted by molar-refractivity contribution is 6.34. The Balaban J connectivity index is 0.000000224. The molecule has 32 heteroatoms. The first-order valence-electron chi connectivity index (χ1n) is 38.9. The third-order valence-corrected chi connectivity index (χ3v) is 20.5. The van der Waals surface area contributed by atoms with Gasteiger partial charge >= 0.3 is 12.4 Å². The third-order valence-electron chi connectivity index (χ3n) is 19.8. The predicted octanol–water partition coefficient (Wildman–Crippen LogP) is 15.6. The first kappa shape index (κ1) is 94.6. The zero-order chi connectivity index (χ0) is 88.6. The number of aryl methyl sites for hydroxylation is 3. The molecule has 0 saturated carbocycles. The van der Waals surface area contributed by atoms with Crippen molar-refractivity contribution in [2.24, 2.45) is 23.1 Å². The van der Waals surface area contributed by atoms with Crippen molar-refractivity contribution in [3.63, 3.8) is 0 Å². The largest absolute Gasteiger partial charge is 0.490 e. The molecule has 0 bridgehead atoms. The van der Waals surface area contributed by atoms with Crippen molar-refractivity contribution in [1.82, 2.24) is 39.1 Å². The fourth-order valence-corrected chi connectivity index (χ4v) is 14.0. The van der Waals surface area contributed by atoms with Crippen LogP contribution >= 0.6 is 23.2 Å².